The SMILES string of the molecule is Cc1cc(CC(C)N)cnc1Oc1cc(F)cc(Br)c1. The standard InChI is InChI=1S/C15H16BrFN2O/c1-9-3-11(4-10(2)18)8-19-15(9)20-14-6-12(16)5-13(17)7-14/h3,5-8,10H,4,18H2,1-2H3. The Hall–Kier alpha value is -1.46. The van der Waals surface area contributed by atoms with Crippen LogP contribution >= 0.6 is 15.9 Å². The number of halogens is 2. The molecule has 1 heterocycles. The molecule has 1 aromatic carbocycles. The molecule has 1 atom stereocenters. The van der Waals surface area contributed by atoms with Crippen LogP contribution in [0.1, 0.15) is 18.1 Å². The fourth-order valence-electron chi connectivity index (χ4n) is 1.91. The van der Waals surface area contributed by atoms with Crippen molar-refractivity contribution >= 4 is 15.9 Å². The molecule has 2 N–H and O–H groups in total. The van der Waals surface area contributed by atoms with Gasteiger partial charge in [0.1, 0.15) is 11.6 Å². The number of benzene rings is 1. The van der Waals surface area contributed by atoms with Crippen molar-refractivity contribution in [2.75, 3.05) is 0 Å². The molecule has 1 unspecified atom stereocenters. The number of aryl methyl sites for hydroxylation is 1. The van der Waals surface area contributed by atoms with Crippen LogP contribution in [-0.2, 0) is 6.42 Å². The third kappa shape index (κ3) is 4.02. The van der Waals surface area contributed by atoms with Gasteiger partial charge in [-0.15, -0.1) is 0 Å². The zero-order chi connectivity index (χ0) is 14.7. The molecule has 2 aromatic rings. The predicted octanol–water partition coefficient (Wildman–Crippen LogP) is 3.97. The third-order valence-electron chi connectivity index (χ3n) is 2.70. The highest BCUT2D eigenvalue weighted by molar-refractivity contribution is 9.10. The Labute approximate surface area is 126 Å². The molecule has 1 aromatic heterocycles. The lowest BCUT2D eigenvalue weighted by atomic mass is 10.1. The first kappa shape index (κ1) is 14.9. The van der Waals surface area contributed by atoms with Gasteiger partial charge in [-0.05, 0) is 44.0 Å². The largest absolute Gasteiger partial charge is 0.439 e. The maximum Gasteiger partial charge on any atom is 0.222 e. The molecule has 0 radical (unpaired) electrons. The Balaban J connectivity index is 2.21. The van der Waals surface area contributed by atoms with Crippen molar-refractivity contribution in [1.29, 1.82) is 0 Å². The fraction of sp³-hybridized carbons (Fsp3) is 0.267. The number of hydrogen-bond acceptors (Lipinski definition) is 3. The van der Waals surface area contributed by atoms with E-state index in [0.717, 1.165) is 17.5 Å². The van der Waals surface area contributed by atoms with E-state index in [0.29, 0.717) is 16.1 Å². The summed E-state index contributed by atoms with van der Waals surface area (Å²) in [4.78, 5) is 4.27. The average molecular weight is 339 g/mol. The van der Waals surface area contributed by atoms with Crippen LogP contribution in [0.3, 0.4) is 0 Å². The maximum absolute atomic E-state index is 13.3. The van der Waals surface area contributed by atoms with Crippen molar-refractivity contribution in [2.24, 2.45) is 5.73 Å². The topological polar surface area (TPSA) is 48.1 Å². The summed E-state index contributed by atoms with van der Waals surface area (Å²) in [5.41, 5.74) is 7.72. The predicted molar refractivity (Wildman–Crippen MR) is 80.5 cm³/mol. The van der Waals surface area contributed by atoms with E-state index in [1.54, 1.807) is 12.3 Å². The Morgan fingerprint density at radius 2 is 2.10 bits per heavy atom. The number of nitrogens with zero attached hydrogens (tertiary/aromatic N) is 1. The van der Waals surface area contributed by atoms with Crippen molar-refractivity contribution in [3.05, 3.63) is 51.9 Å². The molecule has 0 bridgehead atoms. The second-order valence-corrected chi connectivity index (χ2v) is 5.77. The molecule has 0 saturated carbocycles. The van der Waals surface area contributed by atoms with Gasteiger partial charge in [-0.25, -0.2) is 9.37 Å². The van der Waals surface area contributed by atoms with Crippen LogP contribution < -0.4 is 10.5 Å². The van der Waals surface area contributed by atoms with Gasteiger partial charge in [0.25, 0.3) is 0 Å². The molecular formula is C15H16BrFN2O. The smallest absolute Gasteiger partial charge is 0.222 e. The first-order valence-corrected chi connectivity index (χ1v) is 7.08. The van der Waals surface area contributed by atoms with E-state index in [9.17, 15) is 4.39 Å². The molecule has 0 saturated heterocycles. The van der Waals surface area contributed by atoms with Crippen molar-refractivity contribution in [3.8, 4) is 11.6 Å². The van der Waals surface area contributed by atoms with Gasteiger partial charge in [-0.1, -0.05) is 15.9 Å². The van der Waals surface area contributed by atoms with Gasteiger partial charge in [0.05, 0.1) is 0 Å². The lowest BCUT2D eigenvalue weighted by molar-refractivity contribution is 0.453. The molecule has 20 heavy (non-hydrogen) atoms. The van der Waals surface area contributed by atoms with Crippen LogP contribution in [0.15, 0.2) is 34.9 Å². The molecule has 0 fully saturated rings. The molecule has 106 valence electrons. The quantitative estimate of drug-likeness (QED) is 0.917. The molecule has 0 amide bonds. The lowest BCUT2D eigenvalue weighted by Gasteiger charge is -2.10. The van der Waals surface area contributed by atoms with Crippen molar-refractivity contribution < 1.29 is 9.13 Å². The lowest BCUT2D eigenvalue weighted by Crippen LogP contribution is -2.17. The first-order valence-electron chi connectivity index (χ1n) is 6.29. The number of pyridine rings is 1. The number of rotatable bonds is 4. The van der Waals surface area contributed by atoms with Gasteiger partial charge in [0, 0.05) is 28.3 Å². The Morgan fingerprint density at radius 1 is 1.35 bits per heavy atom. The van der Waals surface area contributed by atoms with E-state index >= 15 is 0 Å². The van der Waals surface area contributed by atoms with Crippen molar-refractivity contribution in [2.45, 2.75) is 26.3 Å². The van der Waals surface area contributed by atoms with Gasteiger partial charge in [0.2, 0.25) is 5.88 Å². The first-order chi connectivity index (χ1) is 9.44. The second kappa shape index (κ2) is 6.33. The van der Waals surface area contributed by atoms with Gasteiger partial charge in [0.15, 0.2) is 0 Å². The van der Waals surface area contributed by atoms with Gasteiger partial charge >= 0.3 is 0 Å². The van der Waals surface area contributed by atoms with Crippen molar-refractivity contribution in [3.63, 3.8) is 0 Å². The minimum Gasteiger partial charge on any atom is -0.439 e. The monoisotopic (exact) mass is 338 g/mol. The third-order valence-corrected chi connectivity index (χ3v) is 3.15. The maximum atomic E-state index is 13.3. The van der Waals surface area contributed by atoms with Crippen LogP contribution in [0.5, 0.6) is 11.6 Å². The molecule has 5 heteroatoms. The zero-order valence-corrected chi connectivity index (χ0v) is 12.9. The van der Waals surface area contributed by atoms with E-state index in [1.165, 1.54) is 12.1 Å². The highest BCUT2D eigenvalue weighted by Crippen LogP contribution is 2.27. The second-order valence-electron chi connectivity index (χ2n) is 4.85. The summed E-state index contributed by atoms with van der Waals surface area (Å²) in [5.74, 6) is 0.518. The van der Waals surface area contributed by atoms with Gasteiger partial charge < -0.3 is 10.5 Å². The van der Waals surface area contributed by atoms with E-state index < -0.39 is 0 Å². The van der Waals surface area contributed by atoms with Crippen LogP contribution in [-0.4, -0.2) is 11.0 Å². The van der Waals surface area contributed by atoms with Gasteiger partial charge in [-0.2, -0.15) is 0 Å². The van der Waals surface area contributed by atoms with Crippen LogP contribution in [0.2, 0.25) is 0 Å². The summed E-state index contributed by atoms with van der Waals surface area (Å²) < 4.78 is 19.5. The summed E-state index contributed by atoms with van der Waals surface area (Å²) in [6.45, 7) is 3.85. The molecule has 0 aliphatic carbocycles. The number of hydrogen-bond donors (Lipinski definition) is 1. The van der Waals surface area contributed by atoms with E-state index in [-0.39, 0.29) is 11.9 Å². The molecule has 0 aliphatic rings. The van der Waals surface area contributed by atoms with Crippen molar-refractivity contribution in [1.82, 2.24) is 4.98 Å². The molecular weight excluding hydrogens is 323 g/mol. The van der Waals surface area contributed by atoms with Crippen LogP contribution in [0.4, 0.5) is 4.39 Å². The summed E-state index contributed by atoms with van der Waals surface area (Å²) in [6, 6.07) is 6.46. The molecule has 0 spiro atoms. The number of ether oxygens (including phenoxy) is 1. The minimum atomic E-state index is -0.361. The Kier molecular flexibility index (Phi) is 4.73. The Bertz CT molecular complexity index is 597. The number of nitrogens with two attached hydrogens (primary N) is 1. The summed E-state index contributed by atoms with van der Waals surface area (Å²) in [5, 5.41) is 0. The Morgan fingerprint density at radius 3 is 2.70 bits per heavy atom. The summed E-state index contributed by atoms with van der Waals surface area (Å²) in [7, 11) is 0. The van der Waals surface area contributed by atoms with Gasteiger partial charge in [-0.3, -0.25) is 0 Å². The molecule has 0 aliphatic heterocycles. The zero-order valence-electron chi connectivity index (χ0n) is 11.4. The highest BCUT2D eigenvalue weighted by Gasteiger charge is 2.07. The molecule has 3 nitrogen and oxygen atoms in total. The minimum absolute atomic E-state index is 0.0853. The van der Waals surface area contributed by atoms with Crippen LogP contribution in [0, 0.1) is 12.7 Å². The van der Waals surface area contributed by atoms with E-state index in [2.05, 4.69) is 20.9 Å². The molecule has 2 rings (SSSR count). The van der Waals surface area contributed by atoms with Crippen LogP contribution in [0.25, 0.3) is 0 Å². The summed E-state index contributed by atoms with van der Waals surface area (Å²) in [6.07, 6.45) is 2.50. The highest BCUT2D eigenvalue weighted by atomic mass is 79.9. The van der Waals surface area contributed by atoms with E-state index in [4.69, 9.17) is 10.5 Å². The van der Waals surface area contributed by atoms with E-state index in [1.807, 2.05) is 19.9 Å². The number of aromatic nitrogens is 1. The average Bonchev–Trinajstić information content (AvgIpc) is 2.30. The normalized spacial score (nSPS) is 12.2. The summed E-state index contributed by atoms with van der Waals surface area (Å²) >= 11 is 3.23. The fourth-order valence-corrected chi connectivity index (χ4v) is 2.35.